The fourth-order valence-electron chi connectivity index (χ4n) is 1.28. The number of rotatable bonds is 3. The van der Waals surface area contributed by atoms with Crippen molar-refractivity contribution in [1.82, 2.24) is 20.3 Å². The zero-order valence-electron chi connectivity index (χ0n) is 9.42. The highest BCUT2D eigenvalue weighted by Gasteiger charge is 2.06. The minimum absolute atomic E-state index is 0.227. The average molecular weight is 228 g/mol. The first-order valence-electron chi connectivity index (χ1n) is 5.21. The number of hydrogen-bond acceptors (Lipinski definition) is 4. The van der Waals surface area contributed by atoms with Crippen LogP contribution in [0.15, 0.2) is 36.9 Å². The molecule has 0 aliphatic carbocycles. The molecule has 0 unspecified atom stereocenters. The molecule has 2 rings (SSSR count). The molecule has 2 aromatic rings. The van der Waals surface area contributed by atoms with Crippen LogP contribution in [0.1, 0.15) is 21.7 Å². The van der Waals surface area contributed by atoms with E-state index in [0.29, 0.717) is 12.2 Å². The Morgan fingerprint density at radius 2 is 2.00 bits per heavy atom. The molecule has 5 heteroatoms. The Kier molecular flexibility index (Phi) is 3.40. The van der Waals surface area contributed by atoms with E-state index in [9.17, 15) is 4.79 Å². The molecule has 0 fully saturated rings. The van der Waals surface area contributed by atoms with Gasteiger partial charge in [-0.3, -0.25) is 14.8 Å². The molecular formula is C12H12N4O. The van der Waals surface area contributed by atoms with Crippen LogP contribution in [0.5, 0.6) is 0 Å². The second kappa shape index (κ2) is 5.16. The van der Waals surface area contributed by atoms with Gasteiger partial charge in [0.25, 0.3) is 5.91 Å². The Morgan fingerprint density at radius 3 is 2.65 bits per heavy atom. The molecule has 1 amide bonds. The number of pyridine rings is 1. The van der Waals surface area contributed by atoms with E-state index in [0.717, 1.165) is 11.3 Å². The van der Waals surface area contributed by atoms with Crippen molar-refractivity contribution in [3.05, 3.63) is 53.9 Å². The van der Waals surface area contributed by atoms with E-state index in [1.807, 2.05) is 19.1 Å². The molecule has 0 aliphatic rings. The third kappa shape index (κ3) is 3.07. The molecule has 2 aromatic heterocycles. The predicted molar refractivity (Wildman–Crippen MR) is 62.2 cm³/mol. The maximum absolute atomic E-state index is 11.7. The zero-order valence-corrected chi connectivity index (χ0v) is 9.42. The third-order valence-corrected chi connectivity index (χ3v) is 2.22. The first-order chi connectivity index (χ1) is 8.25. The van der Waals surface area contributed by atoms with Crippen molar-refractivity contribution in [3.63, 3.8) is 0 Å². The Hall–Kier alpha value is -2.30. The van der Waals surface area contributed by atoms with Gasteiger partial charge < -0.3 is 5.32 Å². The SMILES string of the molecule is Cc1cnc(C(=O)NCc2ccncc2)cn1. The van der Waals surface area contributed by atoms with Crippen LogP contribution in [0.2, 0.25) is 0 Å². The quantitative estimate of drug-likeness (QED) is 0.854. The van der Waals surface area contributed by atoms with Gasteiger partial charge in [-0.15, -0.1) is 0 Å². The Balaban J connectivity index is 1.96. The van der Waals surface area contributed by atoms with E-state index in [1.165, 1.54) is 6.20 Å². The van der Waals surface area contributed by atoms with Gasteiger partial charge in [0, 0.05) is 25.1 Å². The Morgan fingerprint density at radius 1 is 1.24 bits per heavy atom. The number of aromatic nitrogens is 3. The van der Waals surface area contributed by atoms with Crippen LogP contribution in [0.3, 0.4) is 0 Å². The van der Waals surface area contributed by atoms with Crippen molar-refractivity contribution >= 4 is 5.91 Å². The van der Waals surface area contributed by atoms with Crippen molar-refractivity contribution in [2.24, 2.45) is 0 Å². The van der Waals surface area contributed by atoms with Gasteiger partial charge in [0.05, 0.1) is 11.9 Å². The normalized spacial score (nSPS) is 9.94. The maximum Gasteiger partial charge on any atom is 0.271 e. The molecule has 86 valence electrons. The fourth-order valence-corrected chi connectivity index (χ4v) is 1.28. The smallest absolute Gasteiger partial charge is 0.271 e. The summed E-state index contributed by atoms with van der Waals surface area (Å²) in [7, 11) is 0. The largest absolute Gasteiger partial charge is 0.347 e. The van der Waals surface area contributed by atoms with Crippen molar-refractivity contribution in [2.75, 3.05) is 0 Å². The monoisotopic (exact) mass is 228 g/mol. The van der Waals surface area contributed by atoms with Crippen molar-refractivity contribution < 1.29 is 4.79 Å². The first kappa shape index (κ1) is 11.2. The summed E-state index contributed by atoms with van der Waals surface area (Å²) in [4.78, 5) is 23.6. The van der Waals surface area contributed by atoms with Crippen LogP contribution in [-0.4, -0.2) is 20.9 Å². The Bertz CT molecular complexity index is 496. The lowest BCUT2D eigenvalue weighted by Gasteiger charge is -2.04. The molecule has 5 nitrogen and oxygen atoms in total. The summed E-state index contributed by atoms with van der Waals surface area (Å²) in [6, 6.07) is 3.70. The second-order valence-corrected chi connectivity index (χ2v) is 3.58. The fraction of sp³-hybridized carbons (Fsp3) is 0.167. The molecule has 17 heavy (non-hydrogen) atoms. The minimum Gasteiger partial charge on any atom is -0.347 e. The summed E-state index contributed by atoms with van der Waals surface area (Å²) in [5, 5.41) is 2.77. The lowest BCUT2D eigenvalue weighted by Crippen LogP contribution is -2.24. The van der Waals surface area contributed by atoms with Crippen molar-refractivity contribution in [2.45, 2.75) is 13.5 Å². The highest BCUT2D eigenvalue weighted by atomic mass is 16.1. The van der Waals surface area contributed by atoms with Crippen LogP contribution in [0.4, 0.5) is 0 Å². The summed E-state index contributed by atoms with van der Waals surface area (Å²) in [6.45, 7) is 2.28. The van der Waals surface area contributed by atoms with Crippen molar-refractivity contribution in [3.8, 4) is 0 Å². The van der Waals surface area contributed by atoms with Gasteiger partial charge in [0.1, 0.15) is 5.69 Å². The number of nitrogens with zero attached hydrogens (tertiary/aromatic N) is 3. The predicted octanol–water partition coefficient (Wildman–Crippen LogP) is 1.11. The second-order valence-electron chi connectivity index (χ2n) is 3.58. The summed E-state index contributed by atoms with van der Waals surface area (Å²) in [6.07, 6.45) is 6.42. The lowest BCUT2D eigenvalue weighted by molar-refractivity contribution is 0.0945. The van der Waals surface area contributed by atoms with E-state index in [1.54, 1.807) is 18.6 Å². The van der Waals surface area contributed by atoms with Gasteiger partial charge in [-0.05, 0) is 24.6 Å². The van der Waals surface area contributed by atoms with E-state index in [2.05, 4.69) is 20.3 Å². The molecule has 0 aromatic carbocycles. The molecule has 0 aliphatic heterocycles. The van der Waals surface area contributed by atoms with Crippen LogP contribution in [0.25, 0.3) is 0 Å². The summed E-state index contributed by atoms with van der Waals surface area (Å²) >= 11 is 0. The molecular weight excluding hydrogens is 216 g/mol. The molecule has 0 atom stereocenters. The molecule has 0 spiro atoms. The van der Waals surface area contributed by atoms with Crippen LogP contribution < -0.4 is 5.32 Å². The van der Waals surface area contributed by atoms with E-state index in [-0.39, 0.29) is 5.91 Å². The number of hydrogen-bond donors (Lipinski definition) is 1. The van der Waals surface area contributed by atoms with Crippen LogP contribution >= 0.6 is 0 Å². The van der Waals surface area contributed by atoms with Gasteiger partial charge in [-0.25, -0.2) is 4.98 Å². The van der Waals surface area contributed by atoms with E-state index in [4.69, 9.17) is 0 Å². The average Bonchev–Trinajstić information content (AvgIpc) is 2.38. The third-order valence-electron chi connectivity index (χ3n) is 2.22. The maximum atomic E-state index is 11.7. The van der Waals surface area contributed by atoms with Crippen LogP contribution in [-0.2, 0) is 6.54 Å². The molecule has 0 saturated carbocycles. The summed E-state index contributed by atoms with van der Waals surface area (Å²) < 4.78 is 0. The number of carbonyl (C=O) groups is 1. The lowest BCUT2D eigenvalue weighted by atomic mass is 10.2. The molecule has 1 N–H and O–H groups in total. The topological polar surface area (TPSA) is 67.8 Å². The van der Waals surface area contributed by atoms with Gasteiger partial charge in [-0.1, -0.05) is 0 Å². The summed E-state index contributed by atoms with van der Waals surface area (Å²) in [5.41, 5.74) is 2.11. The minimum atomic E-state index is -0.227. The van der Waals surface area contributed by atoms with Gasteiger partial charge in [-0.2, -0.15) is 0 Å². The number of nitrogens with one attached hydrogen (secondary N) is 1. The van der Waals surface area contributed by atoms with Gasteiger partial charge in [0.2, 0.25) is 0 Å². The van der Waals surface area contributed by atoms with E-state index < -0.39 is 0 Å². The van der Waals surface area contributed by atoms with E-state index >= 15 is 0 Å². The highest BCUT2D eigenvalue weighted by Crippen LogP contribution is 1.98. The zero-order chi connectivity index (χ0) is 12.1. The Labute approximate surface area is 99.0 Å². The standard InChI is InChI=1S/C12H12N4O/c1-9-6-15-11(8-14-9)12(17)16-7-10-2-4-13-5-3-10/h2-6,8H,7H2,1H3,(H,16,17). The molecule has 2 heterocycles. The van der Waals surface area contributed by atoms with Crippen LogP contribution in [0, 0.1) is 6.92 Å². The number of carbonyl (C=O) groups excluding carboxylic acids is 1. The van der Waals surface area contributed by atoms with Gasteiger partial charge in [0.15, 0.2) is 0 Å². The van der Waals surface area contributed by atoms with Gasteiger partial charge >= 0.3 is 0 Å². The molecule has 0 bridgehead atoms. The number of amides is 1. The first-order valence-corrected chi connectivity index (χ1v) is 5.21. The number of aryl methyl sites for hydroxylation is 1. The molecule has 0 radical (unpaired) electrons. The van der Waals surface area contributed by atoms with Crippen molar-refractivity contribution in [1.29, 1.82) is 0 Å². The highest BCUT2D eigenvalue weighted by molar-refractivity contribution is 5.91. The molecule has 0 saturated heterocycles. The summed E-state index contributed by atoms with van der Waals surface area (Å²) in [5.74, 6) is -0.227.